The summed E-state index contributed by atoms with van der Waals surface area (Å²) >= 11 is 0. The van der Waals surface area contributed by atoms with Gasteiger partial charge in [0.15, 0.2) is 0 Å². The Bertz CT molecular complexity index is 621. The number of esters is 2. The zero-order valence-electron chi connectivity index (χ0n) is 21.7. The van der Waals surface area contributed by atoms with E-state index in [1.807, 2.05) is 79.5 Å². The van der Waals surface area contributed by atoms with Gasteiger partial charge in [-0.05, 0) is 69.7 Å². The van der Waals surface area contributed by atoms with Crippen LogP contribution in [0.2, 0.25) is 0 Å². The Hall–Kier alpha value is -2.18. The molecule has 6 heteroatoms. The number of hydrogen-bond acceptors (Lipinski definition) is 6. The van der Waals surface area contributed by atoms with Crippen molar-refractivity contribution in [2.24, 2.45) is 10.8 Å². The Morgan fingerprint density at radius 3 is 1.09 bits per heavy atom. The summed E-state index contributed by atoms with van der Waals surface area (Å²) in [6.45, 7) is 12.1. The maximum Gasteiger partial charge on any atom is 0.322 e. The van der Waals surface area contributed by atoms with Crippen molar-refractivity contribution >= 4 is 11.9 Å². The van der Waals surface area contributed by atoms with Gasteiger partial charge < -0.3 is 19.3 Å². The Labute approximate surface area is 195 Å². The number of ether oxygens (including phenoxy) is 2. The number of allylic oxidation sites excluding steroid dienone is 4. The molecule has 0 aliphatic rings. The molecule has 2 unspecified atom stereocenters. The SMILES string of the molecule is CC=CC(C=CC)(C(=O)OC(C)CN(C)C)C(C=CC)(C=CC)C(=O)OC(C)CN(C)C. The summed E-state index contributed by atoms with van der Waals surface area (Å²) < 4.78 is 11.8. The van der Waals surface area contributed by atoms with Crippen LogP contribution in [-0.2, 0) is 19.1 Å². The fraction of sp³-hybridized carbons (Fsp3) is 0.615. The van der Waals surface area contributed by atoms with E-state index in [-0.39, 0.29) is 12.2 Å². The van der Waals surface area contributed by atoms with E-state index in [0.717, 1.165) is 0 Å². The molecule has 0 bridgehead atoms. The summed E-state index contributed by atoms with van der Waals surface area (Å²) in [5, 5.41) is 0. The first kappa shape index (κ1) is 29.8. The summed E-state index contributed by atoms with van der Waals surface area (Å²) in [6, 6.07) is 0. The van der Waals surface area contributed by atoms with Crippen LogP contribution in [0.1, 0.15) is 41.5 Å². The van der Waals surface area contributed by atoms with E-state index in [1.165, 1.54) is 0 Å². The number of likely N-dealkylation sites (N-methyl/N-ethyl adjacent to an activating group) is 2. The van der Waals surface area contributed by atoms with E-state index in [0.29, 0.717) is 13.1 Å². The van der Waals surface area contributed by atoms with Gasteiger partial charge in [-0.15, -0.1) is 0 Å². The minimum atomic E-state index is -1.41. The van der Waals surface area contributed by atoms with Gasteiger partial charge in [0, 0.05) is 13.1 Å². The highest BCUT2D eigenvalue weighted by atomic mass is 16.6. The molecule has 0 rings (SSSR count). The van der Waals surface area contributed by atoms with Gasteiger partial charge in [0.1, 0.15) is 23.0 Å². The third-order valence-corrected chi connectivity index (χ3v) is 4.94. The van der Waals surface area contributed by atoms with Gasteiger partial charge in [-0.3, -0.25) is 9.59 Å². The van der Waals surface area contributed by atoms with Crippen LogP contribution in [0.5, 0.6) is 0 Å². The second kappa shape index (κ2) is 14.1. The summed E-state index contributed by atoms with van der Waals surface area (Å²) in [6.07, 6.45) is 13.3. The fourth-order valence-electron chi connectivity index (χ4n) is 3.99. The lowest BCUT2D eigenvalue weighted by Gasteiger charge is -2.41. The number of carbonyl (C=O) groups is 2. The van der Waals surface area contributed by atoms with Crippen LogP contribution in [0.4, 0.5) is 0 Å². The molecule has 0 heterocycles. The molecule has 6 nitrogen and oxygen atoms in total. The maximum atomic E-state index is 13.8. The molecular formula is C26H44N2O4. The van der Waals surface area contributed by atoms with Crippen molar-refractivity contribution < 1.29 is 19.1 Å². The Morgan fingerprint density at radius 2 is 0.906 bits per heavy atom. The quantitative estimate of drug-likeness (QED) is 0.310. The van der Waals surface area contributed by atoms with Crippen LogP contribution in [-0.4, -0.2) is 75.2 Å². The van der Waals surface area contributed by atoms with Crippen LogP contribution >= 0.6 is 0 Å². The lowest BCUT2D eigenvalue weighted by atomic mass is 9.61. The highest BCUT2D eigenvalue weighted by molar-refractivity contribution is 5.95. The molecule has 0 aromatic carbocycles. The van der Waals surface area contributed by atoms with Crippen molar-refractivity contribution in [3.05, 3.63) is 48.6 Å². The highest BCUT2D eigenvalue weighted by Gasteiger charge is 2.57. The second-order valence-electron chi connectivity index (χ2n) is 8.69. The predicted octanol–water partition coefficient (Wildman–Crippen LogP) is 4.25. The smallest absolute Gasteiger partial charge is 0.322 e. The number of nitrogens with zero attached hydrogens (tertiary/aromatic N) is 2. The van der Waals surface area contributed by atoms with Crippen molar-refractivity contribution in [1.29, 1.82) is 0 Å². The molecule has 32 heavy (non-hydrogen) atoms. The van der Waals surface area contributed by atoms with Crippen LogP contribution in [0.15, 0.2) is 48.6 Å². The minimum absolute atomic E-state index is 0.356. The van der Waals surface area contributed by atoms with Crippen molar-refractivity contribution in [3.63, 3.8) is 0 Å². The zero-order chi connectivity index (χ0) is 24.9. The van der Waals surface area contributed by atoms with E-state index in [4.69, 9.17) is 9.47 Å². The third-order valence-electron chi connectivity index (χ3n) is 4.94. The lowest BCUT2D eigenvalue weighted by Crippen LogP contribution is -2.51. The Balaban J connectivity index is 6.79. The van der Waals surface area contributed by atoms with E-state index >= 15 is 0 Å². The highest BCUT2D eigenvalue weighted by Crippen LogP contribution is 2.48. The number of hydrogen-bond donors (Lipinski definition) is 0. The van der Waals surface area contributed by atoms with Crippen LogP contribution in [0.3, 0.4) is 0 Å². The standard InChI is InChI=1S/C26H44N2O4/c1-11-15-25(16-12-2,23(29)31-21(5)19-27(7)8)26(17-13-3,18-14-4)24(30)32-22(6)20-28(9)10/h11-18,21-22H,19-20H2,1-10H3. The maximum absolute atomic E-state index is 13.8. The molecule has 0 radical (unpaired) electrons. The summed E-state index contributed by atoms with van der Waals surface area (Å²) in [5.41, 5.74) is -2.82. The van der Waals surface area contributed by atoms with E-state index < -0.39 is 22.8 Å². The van der Waals surface area contributed by atoms with Gasteiger partial charge in [-0.25, -0.2) is 0 Å². The summed E-state index contributed by atoms with van der Waals surface area (Å²) in [7, 11) is 7.68. The molecule has 182 valence electrons. The van der Waals surface area contributed by atoms with Gasteiger partial charge in [0.2, 0.25) is 0 Å². The minimum Gasteiger partial charge on any atom is -0.460 e. The van der Waals surface area contributed by atoms with Crippen molar-refractivity contribution in [1.82, 2.24) is 9.80 Å². The Morgan fingerprint density at radius 1 is 0.656 bits per heavy atom. The molecule has 0 aromatic heterocycles. The van der Waals surface area contributed by atoms with Crippen LogP contribution in [0.25, 0.3) is 0 Å². The molecular weight excluding hydrogens is 404 g/mol. The molecule has 0 saturated heterocycles. The van der Waals surface area contributed by atoms with E-state index in [1.54, 1.807) is 48.6 Å². The predicted molar refractivity (Wildman–Crippen MR) is 132 cm³/mol. The summed E-state index contributed by atoms with van der Waals surface area (Å²) in [4.78, 5) is 31.5. The third kappa shape index (κ3) is 7.75. The zero-order valence-corrected chi connectivity index (χ0v) is 21.7. The molecule has 0 saturated carbocycles. The molecule has 0 amide bonds. The molecule has 0 aromatic rings. The van der Waals surface area contributed by atoms with Gasteiger partial charge in [-0.2, -0.15) is 0 Å². The average molecular weight is 449 g/mol. The second-order valence-corrected chi connectivity index (χ2v) is 8.69. The molecule has 0 N–H and O–H groups in total. The molecule has 0 aliphatic carbocycles. The van der Waals surface area contributed by atoms with Gasteiger partial charge >= 0.3 is 11.9 Å². The molecule has 0 fully saturated rings. The van der Waals surface area contributed by atoms with Crippen LogP contribution in [0, 0.1) is 10.8 Å². The topological polar surface area (TPSA) is 59.1 Å². The van der Waals surface area contributed by atoms with Crippen molar-refractivity contribution in [3.8, 4) is 0 Å². The van der Waals surface area contributed by atoms with Gasteiger partial charge in [-0.1, -0.05) is 48.6 Å². The largest absolute Gasteiger partial charge is 0.460 e. The van der Waals surface area contributed by atoms with Gasteiger partial charge in [0.05, 0.1) is 0 Å². The normalized spacial score (nSPS) is 18.5. The van der Waals surface area contributed by atoms with Crippen molar-refractivity contribution in [2.75, 3.05) is 41.3 Å². The number of carbonyl (C=O) groups excluding carboxylic acids is 2. The lowest BCUT2D eigenvalue weighted by molar-refractivity contribution is -0.171. The van der Waals surface area contributed by atoms with Crippen LogP contribution < -0.4 is 0 Å². The monoisotopic (exact) mass is 448 g/mol. The van der Waals surface area contributed by atoms with Crippen molar-refractivity contribution in [2.45, 2.75) is 53.8 Å². The summed E-state index contributed by atoms with van der Waals surface area (Å²) in [5.74, 6) is -1.01. The molecule has 0 aliphatic heterocycles. The molecule has 2 atom stereocenters. The Kier molecular flexibility index (Phi) is 13.1. The fourth-order valence-corrected chi connectivity index (χ4v) is 3.99. The average Bonchev–Trinajstić information content (AvgIpc) is 2.65. The molecule has 0 spiro atoms. The first-order valence-corrected chi connectivity index (χ1v) is 11.2. The first-order valence-electron chi connectivity index (χ1n) is 11.2. The van der Waals surface area contributed by atoms with Gasteiger partial charge in [0.25, 0.3) is 0 Å². The van der Waals surface area contributed by atoms with E-state index in [2.05, 4.69) is 0 Å². The van der Waals surface area contributed by atoms with E-state index in [9.17, 15) is 9.59 Å². The first-order chi connectivity index (χ1) is 15.0. The number of rotatable bonds is 13.